The number of rotatable bonds is 1. The maximum absolute atomic E-state index is 12.4. The fraction of sp³-hybridized carbons (Fsp3) is 1.00. The molecule has 3 N–H and O–H groups in total. The van der Waals surface area contributed by atoms with Crippen LogP contribution in [0, 0.1) is 0 Å². The van der Waals surface area contributed by atoms with Crippen molar-refractivity contribution in [1.82, 2.24) is 0 Å². The molecule has 1 aliphatic heterocycles. The van der Waals surface area contributed by atoms with Crippen LogP contribution in [0.4, 0.5) is 4.39 Å². The largest absolute Gasteiger partial charge is 0.394 e. The summed E-state index contributed by atoms with van der Waals surface area (Å²) in [6.45, 7) is -0.145. The van der Waals surface area contributed by atoms with E-state index in [-0.39, 0.29) is 13.0 Å². The van der Waals surface area contributed by atoms with Crippen LogP contribution in [0.1, 0.15) is 6.42 Å². The second-order valence-electron chi connectivity index (χ2n) is 2.16. The van der Waals surface area contributed by atoms with Gasteiger partial charge in [-0.05, 0) is 0 Å². The molecule has 0 saturated carbocycles. The Balaban J connectivity index is 2.35. The highest BCUT2D eigenvalue weighted by Crippen LogP contribution is 2.18. The van der Waals surface area contributed by atoms with Gasteiger partial charge in [-0.25, -0.2) is 4.39 Å². The molecule has 0 bridgehead atoms. The lowest BCUT2D eigenvalue weighted by atomic mass is 10.2. The van der Waals surface area contributed by atoms with Crippen molar-refractivity contribution in [3.63, 3.8) is 0 Å². The van der Waals surface area contributed by atoms with Crippen molar-refractivity contribution in [2.24, 2.45) is 5.73 Å². The van der Waals surface area contributed by atoms with E-state index in [0.29, 0.717) is 0 Å². The molecule has 0 spiro atoms. The molecule has 1 heterocycles. The monoisotopic (exact) mass is 135 g/mol. The lowest BCUT2D eigenvalue weighted by Gasteiger charge is -2.05. The summed E-state index contributed by atoms with van der Waals surface area (Å²) in [6, 6.07) is 0. The highest BCUT2D eigenvalue weighted by molar-refractivity contribution is 4.77. The molecule has 3 atom stereocenters. The normalized spacial score (nSPS) is 43.7. The molecule has 3 nitrogen and oxygen atoms in total. The second-order valence-corrected chi connectivity index (χ2v) is 2.16. The van der Waals surface area contributed by atoms with E-state index in [9.17, 15) is 4.39 Å². The minimum atomic E-state index is -1.11. The van der Waals surface area contributed by atoms with E-state index in [0.717, 1.165) is 0 Å². The Bertz CT molecular complexity index is 91.0. The summed E-state index contributed by atoms with van der Waals surface area (Å²) < 4.78 is 17.2. The first-order valence-electron chi connectivity index (χ1n) is 2.90. The lowest BCUT2D eigenvalue weighted by molar-refractivity contribution is 0.00521. The average molecular weight is 135 g/mol. The van der Waals surface area contributed by atoms with Gasteiger partial charge in [0.2, 0.25) is 0 Å². The molecule has 1 saturated heterocycles. The van der Waals surface area contributed by atoms with Gasteiger partial charge >= 0.3 is 0 Å². The molecule has 1 fully saturated rings. The van der Waals surface area contributed by atoms with Crippen LogP contribution in [-0.2, 0) is 4.74 Å². The van der Waals surface area contributed by atoms with E-state index in [1.807, 2.05) is 0 Å². The number of alkyl halides is 1. The highest BCUT2D eigenvalue weighted by Gasteiger charge is 2.31. The number of hydrogen-bond donors (Lipinski definition) is 2. The molecule has 54 valence electrons. The first kappa shape index (κ1) is 6.92. The van der Waals surface area contributed by atoms with Crippen molar-refractivity contribution < 1.29 is 14.2 Å². The van der Waals surface area contributed by atoms with Gasteiger partial charge in [0.15, 0.2) is 0 Å². The van der Waals surface area contributed by atoms with Gasteiger partial charge in [-0.2, -0.15) is 0 Å². The van der Waals surface area contributed by atoms with E-state index in [1.165, 1.54) is 0 Å². The van der Waals surface area contributed by atoms with E-state index >= 15 is 0 Å². The average Bonchev–Trinajstić information content (AvgIpc) is 2.13. The predicted octanol–water partition coefficient (Wildman–Crippen LogP) is -0.610. The van der Waals surface area contributed by atoms with Gasteiger partial charge in [0.25, 0.3) is 0 Å². The molecule has 0 radical (unpaired) electrons. The first-order chi connectivity index (χ1) is 4.24. The van der Waals surface area contributed by atoms with E-state index in [2.05, 4.69) is 0 Å². The summed E-state index contributed by atoms with van der Waals surface area (Å²) >= 11 is 0. The number of aliphatic hydroxyl groups is 1. The zero-order valence-electron chi connectivity index (χ0n) is 4.96. The van der Waals surface area contributed by atoms with E-state index in [1.54, 1.807) is 0 Å². The van der Waals surface area contributed by atoms with Crippen LogP contribution < -0.4 is 5.73 Å². The van der Waals surface area contributed by atoms with Gasteiger partial charge in [0.1, 0.15) is 12.4 Å². The van der Waals surface area contributed by atoms with Crippen molar-refractivity contribution in [2.45, 2.75) is 24.9 Å². The Kier molecular flexibility index (Phi) is 2.00. The molecule has 4 heteroatoms. The standard InChI is InChI=1S/C5H10FNO2/c6-4-1-3(2-8)9-5(4)7/h3-5,8H,1-2,7H2. The maximum atomic E-state index is 12.4. The summed E-state index contributed by atoms with van der Waals surface area (Å²) in [5.74, 6) is 0. The quantitative estimate of drug-likeness (QED) is 0.504. The zero-order valence-corrected chi connectivity index (χ0v) is 4.96. The topological polar surface area (TPSA) is 55.5 Å². The third kappa shape index (κ3) is 1.38. The summed E-state index contributed by atoms with van der Waals surface area (Å²) in [7, 11) is 0. The van der Waals surface area contributed by atoms with Crippen LogP contribution in [-0.4, -0.2) is 30.2 Å². The van der Waals surface area contributed by atoms with Crippen molar-refractivity contribution in [3.8, 4) is 0 Å². The molecule has 1 rings (SSSR count). The van der Waals surface area contributed by atoms with Gasteiger partial charge in [-0.1, -0.05) is 0 Å². The van der Waals surface area contributed by atoms with Crippen LogP contribution >= 0.6 is 0 Å². The summed E-state index contributed by atoms with van der Waals surface area (Å²) in [5, 5.41) is 8.45. The first-order valence-corrected chi connectivity index (χ1v) is 2.90. The van der Waals surface area contributed by atoms with Gasteiger partial charge in [-0.3, -0.25) is 0 Å². The molecule has 0 aromatic heterocycles. The molecule has 1 aliphatic rings. The molecule has 0 aromatic rings. The molecule has 0 aliphatic carbocycles. The lowest BCUT2D eigenvalue weighted by Crippen LogP contribution is -2.27. The Morgan fingerprint density at radius 1 is 1.78 bits per heavy atom. The fourth-order valence-electron chi connectivity index (χ4n) is 0.866. The van der Waals surface area contributed by atoms with Crippen molar-refractivity contribution >= 4 is 0 Å². The number of ether oxygens (including phenoxy) is 1. The van der Waals surface area contributed by atoms with Gasteiger partial charge < -0.3 is 15.6 Å². The van der Waals surface area contributed by atoms with E-state index < -0.39 is 18.5 Å². The highest BCUT2D eigenvalue weighted by atomic mass is 19.1. The van der Waals surface area contributed by atoms with Crippen LogP contribution in [0.15, 0.2) is 0 Å². The van der Waals surface area contributed by atoms with Crippen molar-refractivity contribution in [1.29, 1.82) is 0 Å². The fourth-order valence-corrected chi connectivity index (χ4v) is 0.866. The minimum Gasteiger partial charge on any atom is -0.394 e. The van der Waals surface area contributed by atoms with Gasteiger partial charge in [0.05, 0.1) is 12.7 Å². The Labute approximate surface area is 52.6 Å². The third-order valence-corrected chi connectivity index (χ3v) is 1.40. The number of halogens is 1. The van der Waals surface area contributed by atoms with E-state index in [4.69, 9.17) is 15.6 Å². The Morgan fingerprint density at radius 3 is 2.67 bits per heavy atom. The smallest absolute Gasteiger partial charge is 0.142 e. The summed E-state index contributed by atoms with van der Waals surface area (Å²) in [5.41, 5.74) is 5.14. The Hall–Kier alpha value is -0.190. The summed E-state index contributed by atoms with van der Waals surface area (Å²) in [4.78, 5) is 0. The molecule has 3 unspecified atom stereocenters. The molecule has 0 aromatic carbocycles. The predicted molar refractivity (Wildman–Crippen MR) is 29.4 cm³/mol. The van der Waals surface area contributed by atoms with Gasteiger partial charge in [-0.15, -0.1) is 0 Å². The Morgan fingerprint density at radius 2 is 2.44 bits per heavy atom. The number of hydrogen-bond acceptors (Lipinski definition) is 3. The van der Waals surface area contributed by atoms with Crippen molar-refractivity contribution in [3.05, 3.63) is 0 Å². The van der Waals surface area contributed by atoms with Crippen molar-refractivity contribution in [2.75, 3.05) is 6.61 Å². The molecule has 0 amide bonds. The van der Waals surface area contributed by atoms with Crippen LogP contribution in [0.25, 0.3) is 0 Å². The second kappa shape index (κ2) is 2.60. The number of nitrogens with two attached hydrogens (primary N) is 1. The number of aliphatic hydroxyl groups excluding tert-OH is 1. The minimum absolute atomic E-state index is 0.145. The maximum Gasteiger partial charge on any atom is 0.142 e. The molecule has 9 heavy (non-hydrogen) atoms. The van der Waals surface area contributed by atoms with Crippen LogP contribution in [0.3, 0.4) is 0 Å². The SMILES string of the molecule is NC1OC(CO)CC1F. The molecular weight excluding hydrogens is 125 g/mol. The summed E-state index contributed by atoms with van der Waals surface area (Å²) in [6.07, 6.45) is -2.11. The van der Waals surface area contributed by atoms with Crippen LogP contribution in [0.2, 0.25) is 0 Å². The third-order valence-electron chi connectivity index (χ3n) is 1.40. The van der Waals surface area contributed by atoms with Gasteiger partial charge in [0, 0.05) is 6.42 Å². The zero-order chi connectivity index (χ0) is 6.85. The van der Waals surface area contributed by atoms with Crippen LogP contribution in [0.5, 0.6) is 0 Å². The molecular formula is C5H10FNO2.